The van der Waals surface area contributed by atoms with E-state index in [1.54, 1.807) is 12.1 Å². The summed E-state index contributed by atoms with van der Waals surface area (Å²) in [6.45, 7) is 0.912. The zero-order valence-corrected chi connectivity index (χ0v) is 9.66. The minimum Gasteiger partial charge on any atom is -0.369 e. The summed E-state index contributed by atoms with van der Waals surface area (Å²) in [5.41, 5.74) is 6.26. The molecule has 1 heterocycles. The molecule has 1 fully saturated rings. The largest absolute Gasteiger partial charge is 0.369 e. The van der Waals surface area contributed by atoms with Crippen molar-refractivity contribution < 1.29 is 9.18 Å². The molecule has 92 valence electrons. The first-order valence-corrected chi connectivity index (χ1v) is 5.96. The topological polar surface area (TPSA) is 55.1 Å². The predicted molar refractivity (Wildman–Crippen MR) is 64.0 cm³/mol. The second-order valence-electron chi connectivity index (χ2n) is 4.49. The highest BCUT2D eigenvalue weighted by molar-refractivity contribution is 5.82. The number of carbonyl (C=O) groups is 1. The molecule has 2 unspecified atom stereocenters. The van der Waals surface area contributed by atoms with Gasteiger partial charge in [-0.1, -0.05) is 18.6 Å². The highest BCUT2D eigenvalue weighted by Crippen LogP contribution is 2.25. The first kappa shape index (κ1) is 12.0. The molecule has 2 atom stereocenters. The maximum atomic E-state index is 12.9. The van der Waals surface area contributed by atoms with E-state index < -0.39 is 0 Å². The van der Waals surface area contributed by atoms with Crippen molar-refractivity contribution in [3.63, 3.8) is 0 Å². The van der Waals surface area contributed by atoms with Crippen LogP contribution in [-0.2, 0) is 4.79 Å². The number of hydrogen-bond acceptors (Lipinski definition) is 2. The van der Waals surface area contributed by atoms with Crippen LogP contribution in [0.4, 0.5) is 4.39 Å². The van der Waals surface area contributed by atoms with Gasteiger partial charge in [-0.3, -0.25) is 4.79 Å². The summed E-state index contributed by atoms with van der Waals surface area (Å²) in [4.78, 5) is 11.6. The number of halogens is 1. The van der Waals surface area contributed by atoms with E-state index in [1.807, 2.05) is 0 Å². The van der Waals surface area contributed by atoms with E-state index >= 15 is 0 Å². The van der Waals surface area contributed by atoms with E-state index in [9.17, 15) is 9.18 Å². The van der Waals surface area contributed by atoms with Crippen molar-refractivity contribution in [1.29, 1.82) is 0 Å². The fraction of sp³-hybridized carbons (Fsp3) is 0.462. The molecule has 1 aromatic carbocycles. The average molecular weight is 236 g/mol. The zero-order valence-electron chi connectivity index (χ0n) is 9.66. The fourth-order valence-electron chi connectivity index (χ4n) is 2.43. The Morgan fingerprint density at radius 3 is 2.59 bits per heavy atom. The van der Waals surface area contributed by atoms with E-state index in [0.717, 1.165) is 31.4 Å². The van der Waals surface area contributed by atoms with Gasteiger partial charge < -0.3 is 11.1 Å². The Morgan fingerprint density at radius 2 is 2.06 bits per heavy atom. The van der Waals surface area contributed by atoms with Crippen LogP contribution < -0.4 is 11.1 Å². The highest BCUT2D eigenvalue weighted by atomic mass is 19.1. The number of benzene rings is 1. The van der Waals surface area contributed by atoms with Gasteiger partial charge in [-0.25, -0.2) is 4.39 Å². The average Bonchev–Trinajstić information content (AvgIpc) is 2.33. The quantitative estimate of drug-likeness (QED) is 0.836. The molecular formula is C13H17FN2O. The van der Waals surface area contributed by atoms with Crippen LogP contribution in [0, 0.1) is 5.82 Å². The maximum Gasteiger partial charge on any atom is 0.226 e. The lowest BCUT2D eigenvalue weighted by molar-refractivity contribution is -0.120. The van der Waals surface area contributed by atoms with Gasteiger partial charge in [0.15, 0.2) is 0 Å². The molecule has 1 aliphatic heterocycles. The summed E-state index contributed by atoms with van der Waals surface area (Å²) >= 11 is 0. The van der Waals surface area contributed by atoms with Crippen LogP contribution in [-0.4, -0.2) is 18.5 Å². The van der Waals surface area contributed by atoms with E-state index in [2.05, 4.69) is 5.32 Å². The third-order valence-corrected chi connectivity index (χ3v) is 3.29. The van der Waals surface area contributed by atoms with Crippen molar-refractivity contribution in [2.45, 2.75) is 31.2 Å². The van der Waals surface area contributed by atoms with Crippen molar-refractivity contribution in [1.82, 2.24) is 5.32 Å². The number of rotatable bonds is 3. The Balaban J connectivity index is 2.21. The Kier molecular flexibility index (Phi) is 3.74. The van der Waals surface area contributed by atoms with Crippen molar-refractivity contribution in [2.24, 2.45) is 5.73 Å². The van der Waals surface area contributed by atoms with Crippen LogP contribution in [0.2, 0.25) is 0 Å². The number of hydrogen-bond donors (Lipinski definition) is 2. The second kappa shape index (κ2) is 5.27. The normalized spacial score (nSPS) is 22.1. The van der Waals surface area contributed by atoms with E-state index in [4.69, 9.17) is 5.73 Å². The lowest BCUT2D eigenvalue weighted by Crippen LogP contribution is -2.43. The molecule has 3 nitrogen and oxygen atoms in total. The monoisotopic (exact) mass is 236 g/mol. The lowest BCUT2D eigenvalue weighted by atomic mass is 9.86. The van der Waals surface area contributed by atoms with Crippen molar-refractivity contribution in [3.8, 4) is 0 Å². The van der Waals surface area contributed by atoms with Gasteiger partial charge in [0.05, 0.1) is 5.92 Å². The number of primary amides is 1. The number of carbonyl (C=O) groups excluding carboxylic acids is 1. The molecule has 4 heteroatoms. The molecule has 0 bridgehead atoms. The van der Waals surface area contributed by atoms with Gasteiger partial charge in [0, 0.05) is 6.04 Å². The van der Waals surface area contributed by atoms with Gasteiger partial charge in [-0.15, -0.1) is 0 Å². The zero-order chi connectivity index (χ0) is 12.3. The van der Waals surface area contributed by atoms with E-state index in [1.165, 1.54) is 12.1 Å². The molecule has 0 saturated carbocycles. The third-order valence-electron chi connectivity index (χ3n) is 3.29. The Bertz CT molecular complexity index is 385. The molecule has 0 aromatic heterocycles. The summed E-state index contributed by atoms with van der Waals surface area (Å²) in [6.07, 6.45) is 3.17. The molecule has 0 radical (unpaired) electrons. The van der Waals surface area contributed by atoms with Crippen LogP contribution >= 0.6 is 0 Å². The van der Waals surface area contributed by atoms with Gasteiger partial charge in [0.2, 0.25) is 5.91 Å². The summed E-state index contributed by atoms with van der Waals surface area (Å²) in [6, 6.07) is 6.09. The standard InChI is InChI=1S/C13H17FN2O/c14-10-6-4-9(5-7-10)12(13(15)17)11-3-1-2-8-16-11/h4-7,11-12,16H,1-3,8H2,(H2,15,17). The van der Waals surface area contributed by atoms with Crippen molar-refractivity contribution in [3.05, 3.63) is 35.6 Å². The fourth-order valence-corrected chi connectivity index (χ4v) is 2.43. The number of amides is 1. The summed E-state index contributed by atoms with van der Waals surface area (Å²) in [5, 5.41) is 3.32. The minimum atomic E-state index is -0.365. The van der Waals surface area contributed by atoms with Gasteiger partial charge in [-0.2, -0.15) is 0 Å². The SMILES string of the molecule is NC(=O)C(c1ccc(F)cc1)C1CCCCN1. The van der Waals surface area contributed by atoms with Crippen LogP contribution in [0.15, 0.2) is 24.3 Å². The van der Waals surface area contributed by atoms with Crippen molar-refractivity contribution in [2.75, 3.05) is 6.54 Å². The first-order valence-electron chi connectivity index (χ1n) is 5.96. The molecule has 17 heavy (non-hydrogen) atoms. The summed E-state index contributed by atoms with van der Waals surface area (Å²) < 4.78 is 12.9. The molecular weight excluding hydrogens is 219 g/mol. The molecule has 0 spiro atoms. The van der Waals surface area contributed by atoms with Crippen LogP contribution in [0.3, 0.4) is 0 Å². The molecule has 0 aliphatic carbocycles. The van der Waals surface area contributed by atoms with E-state index in [-0.39, 0.29) is 23.7 Å². The summed E-state index contributed by atoms with van der Waals surface area (Å²) in [7, 11) is 0. The maximum absolute atomic E-state index is 12.9. The third kappa shape index (κ3) is 2.82. The molecule has 1 aliphatic rings. The predicted octanol–water partition coefficient (Wildman–Crippen LogP) is 1.54. The van der Waals surface area contributed by atoms with Gasteiger partial charge >= 0.3 is 0 Å². The molecule has 1 amide bonds. The Morgan fingerprint density at radius 1 is 1.35 bits per heavy atom. The minimum absolute atomic E-state index is 0.0757. The van der Waals surface area contributed by atoms with E-state index in [0.29, 0.717) is 0 Å². The second-order valence-corrected chi connectivity index (χ2v) is 4.49. The Labute approximate surface area is 100 Å². The van der Waals surface area contributed by atoms with Gasteiger partial charge in [-0.05, 0) is 37.1 Å². The van der Waals surface area contributed by atoms with Gasteiger partial charge in [0.1, 0.15) is 5.82 Å². The number of nitrogens with one attached hydrogen (secondary N) is 1. The van der Waals surface area contributed by atoms with Gasteiger partial charge in [0.25, 0.3) is 0 Å². The number of nitrogens with two attached hydrogens (primary N) is 1. The molecule has 2 rings (SSSR count). The van der Waals surface area contributed by atoms with Crippen LogP contribution in [0.5, 0.6) is 0 Å². The first-order chi connectivity index (χ1) is 8.18. The van der Waals surface area contributed by atoms with Crippen LogP contribution in [0.1, 0.15) is 30.7 Å². The smallest absolute Gasteiger partial charge is 0.226 e. The van der Waals surface area contributed by atoms with Crippen molar-refractivity contribution >= 4 is 5.91 Å². The Hall–Kier alpha value is -1.42. The molecule has 1 aromatic rings. The van der Waals surface area contributed by atoms with Crippen LogP contribution in [0.25, 0.3) is 0 Å². The molecule has 3 N–H and O–H groups in total. The highest BCUT2D eigenvalue weighted by Gasteiger charge is 2.29. The summed E-state index contributed by atoms with van der Waals surface area (Å²) in [5.74, 6) is -1.01. The molecule has 1 saturated heterocycles. The lowest BCUT2D eigenvalue weighted by Gasteiger charge is -2.29. The number of piperidine rings is 1.